The third-order valence-corrected chi connectivity index (χ3v) is 5.09. The van der Waals surface area contributed by atoms with Gasteiger partial charge in [-0.3, -0.25) is 4.79 Å². The smallest absolute Gasteiger partial charge is 0.244 e. The lowest BCUT2D eigenvalue weighted by Crippen LogP contribution is -2.40. The number of carbonyl (C=O) groups is 1. The fourth-order valence-corrected chi connectivity index (χ4v) is 3.56. The highest BCUT2D eigenvalue weighted by atomic mass is 127. The third kappa shape index (κ3) is 8.75. The maximum Gasteiger partial charge on any atom is 0.244 e. The number of nitrogens with one attached hydrogen (secondary N) is 2. The Kier molecular flexibility index (Phi) is 12.6. The Morgan fingerprint density at radius 3 is 2.96 bits per heavy atom. The molecule has 1 aromatic heterocycles. The van der Waals surface area contributed by atoms with Crippen LogP contribution in [0.2, 0.25) is 0 Å². The number of guanidine groups is 1. The topological polar surface area (TPSA) is 75.2 Å². The van der Waals surface area contributed by atoms with Gasteiger partial charge in [-0.15, -0.1) is 35.3 Å². The van der Waals surface area contributed by atoms with E-state index in [9.17, 15) is 4.79 Å². The number of fused-ring (bicyclic) bond motifs is 1. The summed E-state index contributed by atoms with van der Waals surface area (Å²) >= 11 is 1.78. The summed E-state index contributed by atoms with van der Waals surface area (Å²) in [5, 5.41) is 8.51. The number of rotatable bonds is 10. The lowest BCUT2D eigenvalue weighted by atomic mass is 10.1. The molecule has 1 aliphatic rings. The molecule has 7 nitrogen and oxygen atoms in total. The summed E-state index contributed by atoms with van der Waals surface area (Å²) in [7, 11) is 1.66. The summed E-state index contributed by atoms with van der Waals surface area (Å²) in [6.45, 7) is 7.06. The summed E-state index contributed by atoms with van der Waals surface area (Å²) in [5.74, 6) is 0.743. The fourth-order valence-electron chi connectivity index (χ4n) is 2.68. The Bertz CT molecular complexity index is 583. The Hall–Kier alpha value is -0.910. The van der Waals surface area contributed by atoms with E-state index in [0.717, 1.165) is 32.5 Å². The van der Waals surface area contributed by atoms with Crippen molar-refractivity contribution >= 4 is 47.2 Å². The van der Waals surface area contributed by atoms with Crippen LogP contribution < -0.4 is 10.6 Å². The number of hydrogen-bond acceptors (Lipinski definition) is 5. The maximum absolute atomic E-state index is 12.5. The average molecular weight is 510 g/mol. The summed E-state index contributed by atoms with van der Waals surface area (Å²) in [6.07, 6.45) is 1.82. The molecule has 0 aliphatic carbocycles. The van der Waals surface area contributed by atoms with Gasteiger partial charge in [0.15, 0.2) is 5.96 Å². The molecule has 9 heteroatoms. The summed E-state index contributed by atoms with van der Waals surface area (Å²) in [5.41, 5.74) is 1.28. The minimum atomic E-state index is 0. The highest BCUT2D eigenvalue weighted by molar-refractivity contribution is 14.0. The Balaban J connectivity index is 0.00000364. The standard InChI is InChI=1S/C18H30N4O3S.HI/c1-3-19-18(20-7-4-9-25-11-10-24-2)21-13-17(23)22-8-5-16-15(14-22)6-12-26-16;/h6,12H,3-5,7-11,13-14H2,1-2H3,(H2,19,20,21);1H. The van der Waals surface area contributed by atoms with E-state index >= 15 is 0 Å². The first-order chi connectivity index (χ1) is 12.7. The van der Waals surface area contributed by atoms with Gasteiger partial charge in [0.05, 0.1) is 13.2 Å². The first kappa shape index (κ1) is 24.1. The van der Waals surface area contributed by atoms with E-state index in [1.807, 2.05) is 11.8 Å². The van der Waals surface area contributed by atoms with E-state index in [-0.39, 0.29) is 36.4 Å². The van der Waals surface area contributed by atoms with Gasteiger partial charge in [0.25, 0.3) is 0 Å². The number of carbonyl (C=O) groups excluding carboxylic acids is 1. The largest absolute Gasteiger partial charge is 0.382 e. The number of thiophene rings is 1. The van der Waals surface area contributed by atoms with E-state index in [4.69, 9.17) is 9.47 Å². The van der Waals surface area contributed by atoms with Gasteiger partial charge in [-0.05, 0) is 36.8 Å². The highest BCUT2D eigenvalue weighted by Gasteiger charge is 2.21. The van der Waals surface area contributed by atoms with Gasteiger partial charge in [-0.25, -0.2) is 4.99 Å². The zero-order chi connectivity index (χ0) is 18.6. The molecule has 1 aliphatic heterocycles. The van der Waals surface area contributed by atoms with E-state index in [1.165, 1.54) is 10.4 Å². The number of halogens is 1. The lowest BCUT2D eigenvalue weighted by molar-refractivity contribution is -0.130. The Labute approximate surface area is 182 Å². The molecule has 0 saturated carbocycles. The summed E-state index contributed by atoms with van der Waals surface area (Å²) in [4.78, 5) is 20.2. The Morgan fingerprint density at radius 2 is 2.19 bits per heavy atom. The molecule has 0 spiro atoms. The predicted molar refractivity (Wildman–Crippen MR) is 120 cm³/mol. The fraction of sp³-hybridized carbons (Fsp3) is 0.667. The summed E-state index contributed by atoms with van der Waals surface area (Å²) in [6, 6.07) is 2.11. The number of nitrogens with zero attached hydrogens (tertiary/aromatic N) is 2. The van der Waals surface area contributed by atoms with Gasteiger partial charge in [0, 0.05) is 44.8 Å². The number of amides is 1. The Morgan fingerprint density at radius 1 is 1.33 bits per heavy atom. The van der Waals surface area contributed by atoms with Crippen molar-refractivity contribution in [2.75, 3.05) is 53.1 Å². The number of hydrogen-bond donors (Lipinski definition) is 2. The summed E-state index contributed by atoms with van der Waals surface area (Å²) < 4.78 is 10.4. The third-order valence-electron chi connectivity index (χ3n) is 4.07. The first-order valence-electron chi connectivity index (χ1n) is 9.16. The van der Waals surface area contributed by atoms with E-state index < -0.39 is 0 Å². The zero-order valence-electron chi connectivity index (χ0n) is 16.2. The van der Waals surface area contributed by atoms with Gasteiger partial charge in [0.1, 0.15) is 6.54 Å². The number of methoxy groups -OCH3 is 1. The van der Waals surface area contributed by atoms with Gasteiger partial charge < -0.3 is 25.0 Å². The molecule has 154 valence electrons. The van der Waals surface area contributed by atoms with Gasteiger partial charge in [-0.1, -0.05) is 0 Å². The second-order valence-corrected chi connectivity index (χ2v) is 7.02. The number of aliphatic imine (C=N–C) groups is 1. The van der Waals surface area contributed by atoms with Crippen LogP contribution in [0.4, 0.5) is 0 Å². The van der Waals surface area contributed by atoms with Crippen LogP contribution in [0.5, 0.6) is 0 Å². The first-order valence-corrected chi connectivity index (χ1v) is 10.0. The van der Waals surface area contributed by atoms with Crippen molar-refractivity contribution in [3.05, 3.63) is 21.9 Å². The highest BCUT2D eigenvalue weighted by Crippen LogP contribution is 2.23. The monoisotopic (exact) mass is 510 g/mol. The van der Waals surface area contributed by atoms with Crippen molar-refractivity contribution in [3.63, 3.8) is 0 Å². The minimum Gasteiger partial charge on any atom is -0.382 e. The maximum atomic E-state index is 12.5. The molecule has 0 bridgehead atoms. The molecule has 0 aromatic carbocycles. The van der Waals surface area contributed by atoms with Gasteiger partial charge in [-0.2, -0.15) is 0 Å². The number of ether oxygens (including phenoxy) is 2. The van der Waals surface area contributed by atoms with Crippen molar-refractivity contribution in [1.29, 1.82) is 0 Å². The van der Waals surface area contributed by atoms with Crippen molar-refractivity contribution < 1.29 is 14.3 Å². The van der Waals surface area contributed by atoms with Crippen LogP contribution in [0.1, 0.15) is 23.8 Å². The van der Waals surface area contributed by atoms with Crippen LogP contribution in [0.15, 0.2) is 16.4 Å². The van der Waals surface area contributed by atoms with E-state index in [2.05, 4.69) is 27.1 Å². The van der Waals surface area contributed by atoms with Gasteiger partial charge in [0.2, 0.25) is 5.91 Å². The van der Waals surface area contributed by atoms with Crippen LogP contribution in [0.25, 0.3) is 0 Å². The molecule has 0 radical (unpaired) electrons. The second-order valence-electron chi connectivity index (χ2n) is 6.01. The van der Waals surface area contributed by atoms with Crippen molar-refractivity contribution in [1.82, 2.24) is 15.5 Å². The molecule has 2 N–H and O–H groups in total. The van der Waals surface area contributed by atoms with Gasteiger partial charge >= 0.3 is 0 Å². The predicted octanol–water partition coefficient (Wildman–Crippen LogP) is 1.86. The normalized spacial score (nSPS) is 13.7. The van der Waals surface area contributed by atoms with Crippen LogP contribution in [0, 0.1) is 0 Å². The molecule has 1 amide bonds. The molecule has 2 rings (SSSR count). The van der Waals surface area contributed by atoms with Crippen LogP contribution in [0.3, 0.4) is 0 Å². The van der Waals surface area contributed by atoms with Crippen LogP contribution in [-0.4, -0.2) is 69.9 Å². The molecule has 0 unspecified atom stereocenters. The van der Waals surface area contributed by atoms with Crippen molar-refractivity contribution in [2.24, 2.45) is 4.99 Å². The molecule has 1 aromatic rings. The molecule has 0 fully saturated rings. The molecule has 2 heterocycles. The lowest BCUT2D eigenvalue weighted by Gasteiger charge is -2.26. The molecule has 27 heavy (non-hydrogen) atoms. The van der Waals surface area contributed by atoms with Crippen molar-refractivity contribution in [3.8, 4) is 0 Å². The van der Waals surface area contributed by atoms with Crippen molar-refractivity contribution in [2.45, 2.75) is 26.3 Å². The second kappa shape index (κ2) is 14.1. The van der Waals surface area contributed by atoms with E-state index in [0.29, 0.717) is 32.3 Å². The SMILES string of the molecule is CCNC(=NCC(=O)N1CCc2sccc2C1)NCCCOCCOC.I. The van der Waals surface area contributed by atoms with Crippen LogP contribution >= 0.6 is 35.3 Å². The molecular formula is C18H31IN4O3S. The zero-order valence-corrected chi connectivity index (χ0v) is 19.3. The average Bonchev–Trinajstić information content (AvgIpc) is 3.12. The van der Waals surface area contributed by atoms with E-state index in [1.54, 1.807) is 18.4 Å². The minimum absolute atomic E-state index is 0. The molecule has 0 atom stereocenters. The molecule has 0 saturated heterocycles. The molecular weight excluding hydrogens is 479 g/mol. The quantitative estimate of drug-likeness (QED) is 0.218. The van der Waals surface area contributed by atoms with Crippen LogP contribution in [-0.2, 0) is 27.2 Å².